The first-order chi connectivity index (χ1) is 11.2. The van der Waals surface area contributed by atoms with Gasteiger partial charge in [0.1, 0.15) is 11.5 Å². The van der Waals surface area contributed by atoms with Gasteiger partial charge in [-0.3, -0.25) is 0 Å². The second kappa shape index (κ2) is 6.74. The number of allylic oxidation sites excluding steroid dienone is 3. The van der Waals surface area contributed by atoms with Crippen molar-refractivity contribution >= 4 is 11.1 Å². The van der Waals surface area contributed by atoms with E-state index in [1.807, 2.05) is 12.1 Å². The summed E-state index contributed by atoms with van der Waals surface area (Å²) in [5, 5.41) is 0. The summed E-state index contributed by atoms with van der Waals surface area (Å²) in [5.74, 6) is 1.85. The van der Waals surface area contributed by atoms with E-state index in [9.17, 15) is 0 Å². The molecule has 0 aromatic heterocycles. The van der Waals surface area contributed by atoms with Crippen LogP contribution in [-0.2, 0) is 4.74 Å². The second-order valence-corrected chi connectivity index (χ2v) is 5.76. The molecule has 1 aliphatic rings. The van der Waals surface area contributed by atoms with Crippen LogP contribution in [0.25, 0.3) is 11.1 Å². The summed E-state index contributed by atoms with van der Waals surface area (Å²) in [6, 6.07) is 16.8. The largest absolute Gasteiger partial charge is 0.497 e. The smallest absolute Gasteiger partial charge is 0.130 e. The van der Waals surface area contributed by atoms with Crippen LogP contribution in [-0.4, -0.2) is 14.2 Å². The van der Waals surface area contributed by atoms with Crippen molar-refractivity contribution in [1.82, 2.24) is 0 Å². The zero-order valence-electron chi connectivity index (χ0n) is 13.9. The molecule has 2 aromatic rings. The van der Waals surface area contributed by atoms with E-state index in [4.69, 9.17) is 9.47 Å². The van der Waals surface area contributed by atoms with Crippen molar-refractivity contribution in [2.24, 2.45) is 0 Å². The van der Waals surface area contributed by atoms with Gasteiger partial charge in [0.2, 0.25) is 0 Å². The fourth-order valence-electron chi connectivity index (χ4n) is 3.01. The average Bonchev–Trinajstić information content (AvgIpc) is 2.62. The fraction of sp³-hybridized carbons (Fsp3) is 0.238. The van der Waals surface area contributed by atoms with Gasteiger partial charge < -0.3 is 9.47 Å². The Kier molecular flexibility index (Phi) is 4.52. The highest BCUT2D eigenvalue weighted by molar-refractivity contribution is 5.89. The van der Waals surface area contributed by atoms with Crippen molar-refractivity contribution in [3.63, 3.8) is 0 Å². The molecule has 0 unspecified atom stereocenters. The maximum atomic E-state index is 5.79. The Morgan fingerprint density at radius 2 is 1.43 bits per heavy atom. The van der Waals surface area contributed by atoms with Gasteiger partial charge in [-0.15, -0.1) is 0 Å². The van der Waals surface area contributed by atoms with Crippen LogP contribution >= 0.6 is 0 Å². The number of hydrogen-bond acceptors (Lipinski definition) is 2. The minimum atomic E-state index is 0.874. The maximum Gasteiger partial charge on any atom is 0.130 e. The van der Waals surface area contributed by atoms with Gasteiger partial charge in [-0.05, 0) is 43.0 Å². The Labute approximate surface area is 138 Å². The van der Waals surface area contributed by atoms with E-state index in [1.165, 1.54) is 27.8 Å². The van der Waals surface area contributed by atoms with E-state index in [0.717, 1.165) is 24.4 Å². The highest BCUT2D eigenvalue weighted by Gasteiger charge is 2.19. The van der Waals surface area contributed by atoms with Crippen LogP contribution in [0.1, 0.15) is 29.5 Å². The number of methoxy groups -OCH3 is 2. The monoisotopic (exact) mass is 306 g/mol. The molecule has 0 aliphatic heterocycles. The van der Waals surface area contributed by atoms with Crippen molar-refractivity contribution in [2.75, 3.05) is 14.2 Å². The predicted octanol–water partition coefficient (Wildman–Crippen LogP) is 5.24. The summed E-state index contributed by atoms with van der Waals surface area (Å²) in [5.41, 5.74) is 6.11. The minimum Gasteiger partial charge on any atom is -0.497 e. The Morgan fingerprint density at radius 3 is 2.04 bits per heavy atom. The van der Waals surface area contributed by atoms with Gasteiger partial charge in [0, 0.05) is 11.1 Å². The Bertz CT molecular complexity index is 734. The first kappa shape index (κ1) is 15.4. The van der Waals surface area contributed by atoms with E-state index in [2.05, 4.69) is 49.4 Å². The number of aryl methyl sites for hydroxylation is 1. The van der Waals surface area contributed by atoms with Crippen molar-refractivity contribution in [3.05, 3.63) is 77.1 Å². The van der Waals surface area contributed by atoms with Crippen molar-refractivity contribution in [3.8, 4) is 5.75 Å². The minimum absolute atomic E-state index is 0.874. The summed E-state index contributed by atoms with van der Waals surface area (Å²) in [4.78, 5) is 0. The van der Waals surface area contributed by atoms with Crippen LogP contribution in [0, 0.1) is 6.92 Å². The third-order valence-corrected chi connectivity index (χ3v) is 4.27. The summed E-state index contributed by atoms with van der Waals surface area (Å²) < 4.78 is 11.0. The molecule has 2 heteroatoms. The predicted molar refractivity (Wildman–Crippen MR) is 95.3 cm³/mol. The lowest BCUT2D eigenvalue weighted by molar-refractivity contribution is 0.311. The van der Waals surface area contributed by atoms with Crippen molar-refractivity contribution in [1.29, 1.82) is 0 Å². The lowest BCUT2D eigenvalue weighted by Gasteiger charge is -2.22. The van der Waals surface area contributed by atoms with E-state index in [1.54, 1.807) is 14.2 Å². The van der Waals surface area contributed by atoms with Gasteiger partial charge in [-0.25, -0.2) is 0 Å². The SMILES string of the molecule is COC1=C(c2ccc(OC)cc2)CCC=C1c1ccc(C)cc1. The standard InChI is InChI=1S/C21H22O2/c1-15-7-9-16(10-8-15)19-5-4-6-20(21(19)23-3)17-11-13-18(22-2)14-12-17/h5,7-14H,4,6H2,1-3H3. The highest BCUT2D eigenvalue weighted by atomic mass is 16.5. The molecule has 23 heavy (non-hydrogen) atoms. The summed E-state index contributed by atoms with van der Waals surface area (Å²) in [6.07, 6.45) is 4.29. The highest BCUT2D eigenvalue weighted by Crippen LogP contribution is 2.38. The molecule has 0 atom stereocenters. The molecule has 0 spiro atoms. The second-order valence-electron chi connectivity index (χ2n) is 5.76. The topological polar surface area (TPSA) is 18.5 Å². The van der Waals surface area contributed by atoms with E-state index >= 15 is 0 Å². The molecule has 118 valence electrons. The van der Waals surface area contributed by atoms with Crippen LogP contribution in [0.15, 0.2) is 60.4 Å². The summed E-state index contributed by atoms with van der Waals surface area (Å²) >= 11 is 0. The molecule has 2 aromatic carbocycles. The van der Waals surface area contributed by atoms with Crippen LogP contribution in [0.3, 0.4) is 0 Å². The zero-order valence-corrected chi connectivity index (χ0v) is 13.9. The van der Waals surface area contributed by atoms with Gasteiger partial charge in [-0.2, -0.15) is 0 Å². The summed E-state index contributed by atoms with van der Waals surface area (Å²) in [6.45, 7) is 2.11. The lowest BCUT2D eigenvalue weighted by Crippen LogP contribution is -2.03. The summed E-state index contributed by atoms with van der Waals surface area (Å²) in [7, 11) is 3.44. The molecular formula is C21H22O2. The number of ether oxygens (including phenoxy) is 2. The molecule has 3 rings (SSSR count). The number of hydrogen-bond donors (Lipinski definition) is 0. The van der Waals surface area contributed by atoms with E-state index in [-0.39, 0.29) is 0 Å². The first-order valence-electron chi connectivity index (χ1n) is 7.92. The van der Waals surface area contributed by atoms with Gasteiger partial charge in [0.05, 0.1) is 14.2 Å². The number of benzene rings is 2. The number of rotatable bonds is 4. The molecule has 0 amide bonds. The molecule has 0 radical (unpaired) electrons. The fourth-order valence-corrected chi connectivity index (χ4v) is 3.01. The molecule has 0 fully saturated rings. The third kappa shape index (κ3) is 3.16. The molecule has 0 heterocycles. The Hall–Kier alpha value is -2.48. The normalized spacial score (nSPS) is 14.5. The Balaban J connectivity index is 2.03. The quantitative estimate of drug-likeness (QED) is 0.769. The molecule has 2 nitrogen and oxygen atoms in total. The molecule has 0 bridgehead atoms. The Morgan fingerprint density at radius 1 is 0.783 bits per heavy atom. The van der Waals surface area contributed by atoms with Crippen LogP contribution in [0.2, 0.25) is 0 Å². The van der Waals surface area contributed by atoms with Crippen molar-refractivity contribution < 1.29 is 9.47 Å². The lowest BCUT2D eigenvalue weighted by atomic mass is 9.88. The van der Waals surface area contributed by atoms with Gasteiger partial charge in [0.15, 0.2) is 0 Å². The maximum absolute atomic E-state index is 5.79. The van der Waals surface area contributed by atoms with Crippen molar-refractivity contribution in [2.45, 2.75) is 19.8 Å². The van der Waals surface area contributed by atoms with Crippen LogP contribution in [0.5, 0.6) is 5.75 Å². The van der Waals surface area contributed by atoms with Gasteiger partial charge in [0.25, 0.3) is 0 Å². The molecule has 0 saturated heterocycles. The molecule has 0 N–H and O–H groups in total. The van der Waals surface area contributed by atoms with Crippen LogP contribution < -0.4 is 4.74 Å². The van der Waals surface area contributed by atoms with E-state index < -0.39 is 0 Å². The van der Waals surface area contributed by atoms with Gasteiger partial charge >= 0.3 is 0 Å². The average molecular weight is 306 g/mol. The molecule has 1 aliphatic carbocycles. The van der Waals surface area contributed by atoms with E-state index in [0.29, 0.717) is 0 Å². The first-order valence-corrected chi connectivity index (χ1v) is 7.92. The molecule has 0 saturated carbocycles. The van der Waals surface area contributed by atoms with Crippen LogP contribution in [0.4, 0.5) is 0 Å². The molecular weight excluding hydrogens is 284 g/mol. The third-order valence-electron chi connectivity index (χ3n) is 4.27. The van der Waals surface area contributed by atoms with Gasteiger partial charge in [-0.1, -0.05) is 48.0 Å². The zero-order chi connectivity index (χ0) is 16.2.